The normalized spacial score (nSPS) is 11.0. The first-order chi connectivity index (χ1) is 16.0. The van der Waals surface area contributed by atoms with Gasteiger partial charge in [0.1, 0.15) is 5.82 Å². The lowest BCUT2D eigenvalue weighted by Crippen LogP contribution is -2.27. The van der Waals surface area contributed by atoms with E-state index in [9.17, 15) is 4.79 Å². The van der Waals surface area contributed by atoms with Gasteiger partial charge in [0.05, 0.1) is 11.4 Å². The lowest BCUT2D eigenvalue weighted by Gasteiger charge is -2.14. The number of hydrogen-bond acceptors (Lipinski definition) is 4. The molecule has 33 heavy (non-hydrogen) atoms. The van der Waals surface area contributed by atoms with Gasteiger partial charge in [-0.15, -0.1) is 10.2 Å². The first kappa shape index (κ1) is 22.9. The van der Waals surface area contributed by atoms with Crippen molar-refractivity contribution < 1.29 is 4.79 Å². The quantitative estimate of drug-likeness (QED) is 0.380. The number of nitrogens with one attached hydrogen (secondary N) is 1. The van der Waals surface area contributed by atoms with Crippen LogP contribution in [0.4, 0.5) is 0 Å². The Morgan fingerprint density at radius 3 is 2.58 bits per heavy atom. The Morgan fingerprint density at radius 2 is 1.82 bits per heavy atom. The number of nitrogens with zero attached hydrogens (tertiary/aromatic N) is 4. The summed E-state index contributed by atoms with van der Waals surface area (Å²) in [6.45, 7) is 4.83. The summed E-state index contributed by atoms with van der Waals surface area (Å²) >= 11 is 1.42. The van der Waals surface area contributed by atoms with Crippen LogP contribution in [-0.2, 0) is 24.7 Å². The van der Waals surface area contributed by atoms with Crippen molar-refractivity contribution in [2.75, 3.05) is 12.3 Å². The summed E-state index contributed by atoms with van der Waals surface area (Å²) in [5.41, 5.74) is 5.81. The van der Waals surface area contributed by atoms with E-state index in [0.717, 1.165) is 28.8 Å². The summed E-state index contributed by atoms with van der Waals surface area (Å²) in [6, 6.07) is 20.5. The second-order valence-electron chi connectivity index (χ2n) is 8.11. The fourth-order valence-corrected chi connectivity index (χ4v) is 4.54. The molecule has 0 aliphatic heterocycles. The van der Waals surface area contributed by atoms with Gasteiger partial charge in [0, 0.05) is 31.9 Å². The second-order valence-corrected chi connectivity index (χ2v) is 9.06. The predicted octanol–water partition coefficient (Wildman–Crippen LogP) is 4.26. The molecule has 1 N–H and O–H groups in total. The predicted molar refractivity (Wildman–Crippen MR) is 133 cm³/mol. The zero-order valence-electron chi connectivity index (χ0n) is 19.3. The molecular weight excluding hydrogens is 430 g/mol. The third-order valence-corrected chi connectivity index (χ3v) is 6.75. The van der Waals surface area contributed by atoms with E-state index in [1.54, 1.807) is 0 Å². The average molecular weight is 460 g/mol. The van der Waals surface area contributed by atoms with Gasteiger partial charge in [0.25, 0.3) is 0 Å². The van der Waals surface area contributed by atoms with E-state index >= 15 is 0 Å². The zero-order chi connectivity index (χ0) is 23.2. The molecule has 0 saturated heterocycles. The molecule has 2 aromatic heterocycles. The molecule has 0 spiro atoms. The Balaban J connectivity index is 1.49. The second kappa shape index (κ2) is 10.5. The highest BCUT2D eigenvalue weighted by atomic mass is 32.2. The molecule has 4 aromatic rings. The first-order valence-electron chi connectivity index (χ1n) is 11.1. The summed E-state index contributed by atoms with van der Waals surface area (Å²) in [7, 11) is 2.03. The molecule has 1 amide bonds. The maximum absolute atomic E-state index is 12.5. The van der Waals surface area contributed by atoms with E-state index in [1.165, 1.54) is 28.5 Å². The zero-order valence-corrected chi connectivity index (χ0v) is 20.1. The van der Waals surface area contributed by atoms with Crippen molar-refractivity contribution in [2.45, 2.75) is 31.8 Å². The molecule has 0 unspecified atom stereocenters. The van der Waals surface area contributed by atoms with Crippen molar-refractivity contribution in [3.8, 4) is 5.69 Å². The smallest absolute Gasteiger partial charge is 0.230 e. The summed E-state index contributed by atoms with van der Waals surface area (Å²) < 4.78 is 4.19. The van der Waals surface area contributed by atoms with Crippen LogP contribution in [0.3, 0.4) is 0 Å². The minimum absolute atomic E-state index is 0.00423. The van der Waals surface area contributed by atoms with E-state index in [0.29, 0.717) is 18.7 Å². The number of carbonyl (C=O) groups excluding carboxylic acids is 1. The third kappa shape index (κ3) is 5.54. The van der Waals surface area contributed by atoms with Crippen molar-refractivity contribution in [1.82, 2.24) is 24.6 Å². The van der Waals surface area contributed by atoms with E-state index in [-0.39, 0.29) is 5.91 Å². The molecule has 0 bridgehead atoms. The average Bonchev–Trinajstić information content (AvgIpc) is 3.41. The van der Waals surface area contributed by atoms with Crippen LogP contribution in [0.5, 0.6) is 0 Å². The standard InChI is InChI=1S/C26H29N5OS/c1-19-9-7-13-23(20(19)2)31-24(17-22-12-8-16-30(22)3)28-29-26(31)33-18-25(32)27-15-14-21-10-5-4-6-11-21/h4-13,16H,14-15,17-18H2,1-3H3,(H,27,32). The van der Waals surface area contributed by atoms with Crippen molar-refractivity contribution >= 4 is 17.7 Å². The van der Waals surface area contributed by atoms with Gasteiger partial charge in [-0.3, -0.25) is 9.36 Å². The molecule has 170 valence electrons. The highest BCUT2D eigenvalue weighted by Gasteiger charge is 2.18. The number of aromatic nitrogens is 4. The van der Waals surface area contributed by atoms with Crippen LogP contribution in [0.25, 0.3) is 5.69 Å². The number of carbonyl (C=O) groups is 1. The van der Waals surface area contributed by atoms with Crippen LogP contribution in [0.15, 0.2) is 72.0 Å². The molecule has 0 aliphatic carbocycles. The van der Waals surface area contributed by atoms with Crippen molar-refractivity contribution in [3.05, 3.63) is 95.1 Å². The summed E-state index contributed by atoms with van der Waals surface area (Å²) in [5, 5.41) is 12.7. The molecule has 0 atom stereocenters. The summed E-state index contributed by atoms with van der Waals surface area (Å²) in [5.74, 6) is 1.15. The molecule has 0 radical (unpaired) electrons. The van der Waals surface area contributed by atoms with Gasteiger partial charge in [-0.05, 0) is 55.2 Å². The highest BCUT2D eigenvalue weighted by molar-refractivity contribution is 7.99. The number of hydrogen-bond donors (Lipinski definition) is 1. The minimum Gasteiger partial charge on any atom is -0.355 e. The van der Waals surface area contributed by atoms with Crippen LogP contribution < -0.4 is 5.32 Å². The molecule has 0 aliphatic rings. The minimum atomic E-state index is -0.00423. The van der Waals surface area contributed by atoms with Gasteiger partial charge in [0.2, 0.25) is 5.91 Å². The monoisotopic (exact) mass is 459 g/mol. The fourth-order valence-electron chi connectivity index (χ4n) is 3.74. The van der Waals surface area contributed by atoms with E-state index in [1.807, 2.05) is 37.5 Å². The van der Waals surface area contributed by atoms with Crippen LogP contribution in [0.1, 0.15) is 28.2 Å². The van der Waals surface area contributed by atoms with Crippen molar-refractivity contribution in [1.29, 1.82) is 0 Å². The molecular formula is C26H29N5OS. The van der Waals surface area contributed by atoms with Gasteiger partial charge in [0.15, 0.2) is 5.16 Å². The Bertz CT molecular complexity index is 1230. The van der Waals surface area contributed by atoms with Crippen LogP contribution in [-0.4, -0.2) is 37.5 Å². The van der Waals surface area contributed by atoms with Crippen LogP contribution >= 0.6 is 11.8 Å². The van der Waals surface area contributed by atoms with E-state index in [4.69, 9.17) is 0 Å². The summed E-state index contributed by atoms with van der Waals surface area (Å²) in [6.07, 6.45) is 3.51. The number of thioether (sulfide) groups is 1. The third-order valence-electron chi connectivity index (χ3n) is 5.82. The van der Waals surface area contributed by atoms with E-state index in [2.05, 4.69) is 74.9 Å². The molecule has 7 heteroatoms. The first-order valence-corrected chi connectivity index (χ1v) is 12.1. The molecule has 4 rings (SSSR count). The topological polar surface area (TPSA) is 64.7 Å². The van der Waals surface area contributed by atoms with Gasteiger partial charge >= 0.3 is 0 Å². The van der Waals surface area contributed by atoms with Gasteiger partial charge in [-0.25, -0.2) is 0 Å². The van der Waals surface area contributed by atoms with Crippen molar-refractivity contribution in [3.63, 3.8) is 0 Å². The lowest BCUT2D eigenvalue weighted by atomic mass is 10.1. The molecule has 2 heterocycles. The summed E-state index contributed by atoms with van der Waals surface area (Å²) in [4.78, 5) is 12.5. The molecule has 2 aromatic carbocycles. The van der Waals surface area contributed by atoms with Gasteiger partial charge < -0.3 is 9.88 Å². The maximum Gasteiger partial charge on any atom is 0.230 e. The van der Waals surface area contributed by atoms with Gasteiger partial charge in [-0.1, -0.05) is 54.2 Å². The molecule has 0 saturated carbocycles. The van der Waals surface area contributed by atoms with Crippen molar-refractivity contribution in [2.24, 2.45) is 7.05 Å². The number of aryl methyl sites for hydroxylation is 2. The Morgan fingerprint density at radius 1 is 1.00 bits per heavy atom. The Hall–Kier alpha value is -3.32. The fraction of sp³-hybridized carbons (Fsp3) is 0.269. The Labute approximate surface area is 199 Å². The maximum atomic E-state index is 12.5. The number of benzene rings is 2. The largest absolute Gasteiger partial charge is 0.355 e. The number of amides is 1. The number of rotatable bonds is 9. The molecule has 6 nitrogen and oxygen atoms in total. The van der Waals surface area contributed by atoms with Crippen LogP contribution in [0.2, 0.25) is 0 Å². The van der Waals surface area contributed by atoms with Gasteiger partial charge in [-0.2, -0.15) is 0 Å². The lowest BCUT2D eigenvalue weighted by molar-refractivity contribution is -0.118. The van der Waals surface area contributed by atoms with E-state index < -0.39 is 0 Å². The Kier molecular flexibility index (Phi) is 7.29. The highest BCUT2D eigenvalue weighted by Crippen LogP contribution is 2.26. The van der Waals surface area contributed by atoms with Crippen LogP contribution in [0, 0.1) is 13.8 Å². The molecule has 0 fully saturated rings. The SMILES string of the molecule is Cc1cccc(-n2c(Cc3cccn3C)nnc2SCC(=O)NCCc2ccccc2)c1C.